The van der Waals surface area contributed by atoms with E-state index in [0.717, 1.165) is 26.5 Å². The van der Waals surface area contributed by atoms with E-state index < -0.39 is 6.10 Å². The Morgan fingerprint density at radius 2 is 2.12 bits per heavy atom. The number of aliphatic hydroxyl groups excluding tert-OH is 1. The summed E-state index contributed by atoms with van der Waals surface area (Å²) >= 11 is 1.64. The quantitative estimate of drug-likeness (QED) is 0.750. The Kier molecular flexibility index (Phi) is 3.92. The Morgan fingerprint density at radius 1 is 1.25 bits per heavy atom. The van der Waals surface area contributed by atoms with Gasteiger partial charge in [0, 0.05) is 24.3 Å². The molecule has 0 aliphatic carbocycles. The number of likely N-dealkylation sites (tertiary alicyclic amines) is 1. The summed E-state index contributed by atoms with van der Waals surface area (Å²) in [5.41, 5.74) is 2.70. The summed E-state index contributed by atoms with van der Waals surface area (Å²) in [5, 5.41) is 13.4. The highest BCUT2D eigenvalue weighted by molar-refractivity contribution is 7.21. The van der Waals surface area contributed by atoms with Crippen LogP contribution >= 0.6 is 11.3 Å². The number of aliphatic hydroxyl groups is 1. The minimum Gasteiger partial charge on any atom is -0.391 e. The highest BCUT2D eigenvalue weighted by Crippen LogP contribution is 2.31. The lowest BCUT2D eigenvalue weighted by Gasteiger charge is -2.16. The van der Waals surface area contributed by atoms with Crippen LogP contribution < -0.4 is 5.32 Å². The van der Waals surface area contributed by atoms with Crippen LogP contribution in [0, 0.1) is 0 Å². The fraction of sp³-hybridized carbons (Fsp3) is 0.222. The lowest BCUT2D eigenvalue weighted by molar-refractivity contribution is 0.176. The zero-order valence-electron chi connectivity index (χ0n) is 13.0. The number of nitrogens with zero attached hydrogens (tertiary/aromatic N) is 2. The number of hydrogen-bond donors (Lipinski definition) is 2. The number of anilines is 1. The second-order valence-electron chi connectivity index (χ2n) is 5.89. The van der Waals surface area contributed by atoms with Gasteiger partial charge >= 0.3 is 6.03 Å². The molecule has 24 heavy (non-hydrogen) atoms. The Balaban J connectivity index is 1.56. The minimum absolute atomic E-state index is 0.173. The first-order valence-electron chi connectivity index (χ1n) is 7.89. The topological polar surface area (TPSA) is 65.5 Å². The van der Waals surface area contributed by atoms with Crippen LogP contribution in [-0.4, -0.2) is 40.2 Å². The molecule has 0 bridgehead atoms. The Hall–Kier alpha value is -2.44. The van der Waals surface area contributed by atoms with E-state index in [1.807, 2.05) is 42.5 Å². The van der Waals surface area contributed by atoms with Crippen molar-refractivity contribution in [2.45, 2.75) is 12.5 Å². The number of aromatic nitrogens is 1. The molecule has 1 aliphatic heterocycles. The fourth-order valence-electron chi connectivity index (χ4n) is 2.85. The molecule has 1 aromatic heterocycles. The summed E-state index contributed by atoms with van der Waals surface area (Å²) < 4.78 is 1.15. The number of para-hydroxylation sites is 1. The number of thiazole rings is 1. The third kappa shape index (κ3) is 2.98. The lowest BCUT2D eigenvalue weighted by Crippen LogP contribution is -2.33. The van der Waals surface area contributed by atoms with Crippen molar-refractivity contribution in [2.24, 2.45) is 0 Å². The predicted octanol–water partition coefficient (Wildman–Crippen LogP) is 3.56. The summed E-state index contributed by atoms with van der Waals surface area (Å²) in [4.78, 5) is 18.5. The van der Waals surface area contributed by atoms with Crippen molar-refractivity contribution in [1.29, 1.82) is 0 Å². The van der Waals surface area contributed by atoms with E-state index in [1.54, 1.807) is 16.2 Å². The Morgan fingerprint density at radius 3 is 2.92 bits per heavy atom. The third-order valence-corrected chi connectivity index (χ3v) is 5.19. The van der Waals surface area contributed by atoms with Crippen molar-refractivity contribution in [3.8, 4) is 10.6 Å². The Bertz CT molecular complexity index is 860. The molecule has 3 aromatic rings. The van der Waals surface area contributed by atoms with Gasteiger partial charge in [0.05, 0.1) is 16.3 Å². The number of nitrogens with one attached hydrogen (secondary N) is 1. The molecule has 1 aliphatic rings. The van der Waals surface area contributed by atoms with Crippen LogP contribution in [0.5, 0.6) is 0 Å². The average Bonchev–Trinajstić information content (AvgIpc) is 3.21. The van der Waals surface area contributed by atoms with Crippen molar-refractivity contribution >= 4 is 33.3 Å². The number of urea groups is 1. The van der Waals surface area contributed by atoms with Gasteiger partial charge < -0.3 is 15.3 Å². The normalized spacial score (nSPS) is 17.4. The van der Waals surface area contributed by atoms with E-state index in [4.69, 9.17) is 0 Å². The molecule has 4 rings (SSSR count). The van der Waals surface area contributed by atoms with Crippen LogP contribution in [0.2, 0.25) is 0 Å². The first kappa shape index (κ1) is 15.1. The van der Waals surface area contributed by atoms with E-state index >= 15 is 0 Å². The van der Waals surface area contributed by atoms with Crippen LogP contribution in [0.4, 0.5) is 10.5 Å². The molecule has 0 saturated carbocycles. The van der Waals surface area contributed by atoms with Gasteiger partial charge in [0.25, 0.3) is 0 Å². The summed E-state index contributed by atoms with van der Waals surface area (Å²) in [6, 6.07) is 15.6. The zero-order chi connectivity index (χ0) is 16.5. The molecule has 1 unspecified atom stereocenters. The molecule has 5 nitrogen and oxygen atoms in total. The highest BCUT2D eigenvalue weighted by atomic mass is 32.1. The van der Waals surface area contributed by atoms with Crippen molar-refractivity contribution in [2.75, 3.05) is 18.4 Å². The van der Waals surface area contributed by atoms with Gasteiger partial charge in [0.15, 0.2) is 0 Å². The summed E-state index contributed by atoms with van der Waals surface area (Å²) in [6.45, 7) is 0.980. The van der Waals surface area contributed by atoms with E-state index in [9.17, 15) is 9.90 Å². The SMILES string of the molecule is O=C(Nc1cccc(-c2nc3ccccc3s2)c1)N1CCC(O)C1. The molecule has 2 heterocycles. The van der Waals surface area contributed by atoms with E-state index in [0.29, 0.717) is 19.5 Å². The maximum absolute atomic E-state index is 12.2. The number of β-amino-alcohol motifs (C(OH)–C–C–N with tert-alkyl or cyclic N) is 1. The monoisotopic (exact) mass is 339 g/mol. The second kappa shape index (κ2) is 6.22. The molecule has 2 N–H and O–H groups in total. The van der Waals surface area contributed by atoms with Crippen molar-refractivity contribution < 1.29 is 9.90 Å². The first-order valence-corrected chi connectivity index (χ1v) is 8.71. The predicted molar refractivity (Wildman–Crippen MR) is 96.3 cm³/mol. The van der Waals surface area contributed by atoms with Gasteiger partial charge in [0.2, 0.25) is 0 Å². The Labute approximate surface area is 143 Å². The van der Waals surface area contributed by atoms with Crippen LogP contribution in [0.15, 0.2) is 48.5 Å². The van der Waals surface area contributed by atoms with E-state index in [-0.39, 0.29) is 6.03 Å². The molecule has 0 spiro atoms. The van der Waals surface area contributed by atoms with Gasteiger partial charge in [-0.05, 0) is 30.7 Å². The molecular formula is C18H17N3O2S. The number of carbonyl (C=O) groups is 1. The van der Waals surface area contributed by atoms with Gasteiger partial charge in [-0.1, -0.05) is 24.3 Å². The standard InChI is InChI=1S/C18H17N3O2S/c22-14-8-9-21(11-14)18(23)19-13-5-3-4-12(10-13)17-20-15-6-1-2-7-16(15)24-17/h1-7,10,14,22H,8-9,11H2,(H,19,23). The van der Waals surface area contributed by atoms with Crippen molar-refractivity contribution in [3.63, 3.8) is 0 Å². The average molecular weight is 339 g/mol. The molecule has 1 saturated heterocycles. The largest absolute Gasteiger partial charge is 0.391 e. The molecule has 1 atom stereocenters. The molecule has 1 fully saturated rings. The van der Waals surface area contributed by atoms with Gasteiger partial charge in [-0.3, -0.25) is 0 Å². The smallest absolute Gasteiger partial charge is 0.321 e. The van der Waals surface area contributed by atoms with Crippen LogP contribution in [0.25, 0.3) is 20.8 Å². The lowest BCUT2D eigenvalue weighted by atomic mass is 10.2. The molecular weight excluding hydrogens is 322 g/mol. The number of carbonyl (C=O) groups excluding carboxylic acids is 1. The third-order valence-electron chi connectivity index (χ3n) is 4.11. The molecule has 2 amide bonds. The van der Waals surface area contributed by atoms with Gasteiger partial charge in [-0.25, -0.2) is 9.78 Å². The number of benzene rings is 2. The van der Waals surface area contributed by atoms with Crippen LogP contribution in [-0.2, 0) is 0 Å². The first-order chi connectivity index (χ1) is 11.7. The van der Waals surface area contributed by atoms with Crippen LogP contribution in [0.1, 0.15) is 6.42 Å². The van der Waals surface area contributed by atoms with Crippen molar-refractivity contribution in [3.05, 3.63) is 48.5 Å². The highest BCUT2D eigenvalue weighted by Gasteiger charge is 2.24. The number of rotatable bonds is 2. The minimum atomic E-state index is -0.412. The zero-order valence-corrected chi connectivity index (χ0v) is 13.8. The maximum atomic E-state index is 12.2. The van der Waals surface area contributed by atoms with Crippen LogP contribution in [0.3, 0.4) is 0 Å². The van der Waals surface area contributed by atoms with Gasteiger partial charge in [-0.15, -0.1) is 11.3 Å². The molecule has 0 radical (unpaired) electrons. The maximum Gasteiger partial charge on any atom is 0.321 e. The number of amides is 2. The molecule has 122 valence electrons. The van der Waals surface area contributed by atoms with Crippen molar-refractivity contribution in [1.82, 2.24) is 9.88 Å². The summed E-state index contributed by atoms with van der Waals surface area (Å²) in [5.74, 6) is 0. The molecule has 6 heteroatoms. The molecule has 2 aromatic carbocycles. The van der Waals surface area contributed by atoms with Gasteiger partial charge in [0.1, 0.15) is 5.01 Å². The fourth-order valence-corrected chi connectivity index (χ4v) is 3.82. The van der Waals surface area contributed by atoms with E-state index in [2.05, 4.69) is 16.4 Å². The second-order valence-corrected chi connectivity index (χ2v) is 6.92. The summed E-state index contributed by atoms with van der Waals surface area (Å²) in [7, 11) is 0. The van der Waals surface area contributed by atoms with Gasteiger partial charge in [-0.2, -0.15) is 0 Å². The number of fused-ring (bicyclic) bond motifs is 1. The van der Waals surface area contributed by atoms with E-state index in [1.165, 1.54) is 0 Å². The number of hydrogen-bond acceptors (Lipinski definition) is 4. The summed E-state index contributed by atoms with van der Waals surface area (Å²) in [6.07, 6.45) is 0.226.